The van der Waals surface area contributed by atoms with Crippen molar-refractivity contribution in [1.29, 1.82) is 0 Å². The molecule has 4 rings (SSSR count). The summed E-state index contributed by atoms with van der Waals surface area (Å²) in [5, 5.41) is 21.3. The van der Waals surface area contributed by atoms with Crippen LogP contribution in [0.2, 0.25) is 10.0 Å². The molecule has 0 unspecified atom stereocenters. The first-order valence-corrected chi connectivity index (χ1v) is 10.5. The van der Waals surface area contributed by atoms with Crippen LogP contribution in [0.15, 0.2) is 53.9 Å². The van der Waals surface area contributed by atoms with E-state index in [1.807, 2.05) is 17.5 Å². The van der Waals surface area contributed by atoms with E-state index in [9.17, 15) is 14.9 Å². The average Bonchev–Trinajstić information content (AvgIpc) is 3.35. The van der Waals surface area contributed by atoms with Gasteiger partial charge in [0.1, 0.15) is 5.82 Å². The van der Waals surface area contributed by atoms with Gasteiger partial charge in [0.25, 0.3) is 11.6 Å². The molecule has 31 heavy (non-hydrogen) atoms. The summed E-state index contributed by atoms with van der Waals surface area (Å²) in [5.74, 6) is -0.230. The van der Waals surface area contributed by atoms with Gasteiger partial charge in [-0.05, 0) is 25.1 Å². The van der Waals surface area contributed by atoms with Crippen LogP contribution >= 0.6 is 34.5 Å². The molecule has 2 aromatic carbocycles. The van der Waals surface area contributed by atoms with E-state index >= 15 is 0 Å². The van der Waals surface area contributed by atoms with Crippen molar-refractivity contribution in [3.8, 4) is 16.4 Å². The highest BCUT2D eigenvalue weighted by molar-refractivity contribution is 7.12. The SMILES string of the molecule is Cc1cc(NC(=O)c2cc([N+](=O)[O-])ccc2Cl)n(-c2nc(-c3ccc(Cl)cc3)cs2)n1. The number of hydrogen-bond donors (Lipinski definition) is 1. The first-order chi connectivity index (χ1) is 14.8. The number of nitro benzene ring substituents is 1. The highest BCUT2D eigenvalue weighted by Gasteiger charge is 2.19. The number of non-ortho nitro benzene ring substituents is 1. The number of aryl methyl sites for hydroxylation is 1. The normalized spacial score (nSPS) is 10.8. The third-order valence-corrected chi connectivity index (χ3v) is 5.69. The molecule has 0 fully saturated rings. The third-order valence-electron chi connectivity index (χ3n) is 4.29. The second-order valence-electron chi connectivity index (χ2n) is 6.48. The first kappa shape index (κ1) is 21.0. The molecule has 0 aliphatic rings. The van der Waals surface area contributed by atoms with Crippen LogP contribution in [-0.2, 0) is 0 Å². The van der Waals surface area contributed by atoms with Gasteiger partial charge in [-0.2, -0.15) is 9.78 Å². The summed E-state index contributed by atoms with van der Waals surface area (Å²) in [7, 11) is 0. The molecule has 0 atom stereocenters. The van der Waals surface area contributed by atoms with E-state index in [1.165, 1.54) is 28.2 Å². The Bertz CT molecular complexity index is 1300. The summed E-state index contributed by atoms with van der Waals surface area (Å²) >= 11 is 13.4. The molecule has 0 saturated heterocycles. The van der Waals surface area contributed by atoms with Crippen LogP contribution in [0.3, 0.4) is 0 Å². The van der Waals surface area contributed by atoms with E-state index in [-0.39, 0.29) is 16.3 Å². The van der Waals surface area contributed by atoms with Crippen LogP contribution < -0.4 is 5.32 Å². The average molecular weight is 474 g/mol. The van der Waals surface area contributed by atoms with Gasteiger partial charge in [-0.25, -0.2) is 4.98 Å². The molecular weight excluding hydrogens is 461 g/mol. The number of amides is 1. The summed E-state index contributed by atoms with van der Waals surface area (Å²) in [4.78, 5) is 27.8. The number of nitrogens with one attached hydrogen (secondary N) is 1. The van der Waals surface area contributed by atoms with Gasteiger partial charge in [0.2, 0.25) is 5.13 Å². The highest BCUT2D eigenvalue weighted by atomic mass is 35.5. The van der Waals surface area contributed by atoms with E-state index < -0.39 is 10.8 Å². The standard InChI is InChI=1S/C20H13Cl2N5O3S/c1-11-8-18(24-19(28)15-9-14(27(29)30)6-7-16(15)22)26(25-11)20-23-17(10-31-20)12-2-4-13(21)5-3-12/h2-10H,1H3,(H,24,28). The Morgan fingerprint density at radius 1 is 1.16 bits per heavy atom. The lowest BCUT2D eigenvalue weighted by Crippen LogP contribution is -2.15. The van der Waals surface area contributed by atoms with Crippen molar-refractivity contribution in [2.45, 2.75) is 6.92 Å². The minimum absolute atomic E-state index is 0.0118. The van der Waals surface area contributed by atoms with Crippen molar-refractivity contribution >= 4 is 52.0 Å². The molecule has 8 nitrogen and oxygen atoms in total. The third kappa shape index (κ3) is 4.43. The van der Waals surface area contributed by atoms with Crippen molar-refractivity contribution in [3.05, 3.63) is 85.3 Å². The van der Waals surface area contributed by atoms with Crippen LogP contribution in [0.1, 0.15) is 16.1 Å². The predicted molar refractivity (Wildman–Crippen MR) is 120 cm³/mol. The number of hydrogen-bond acceptors (Lipinski definition) is 6. The fourth-order valence-electron chi connectivity index (χ4n) is 2.83. The molecule has 4 aromatic rings. The molecule has 0 radical (unpaired) electrons. The zero-order chi connectivity index (χ0) is 22.1. The fraction of sp³-hybridized carbons (Fsp3) is 0.0500. The van der Waals surface area contributed by atoms with Gasteiger partial charge >= 0.3 is 0 Å². The summed E-state index contributed by atoms with van der Waals surface area (Å²) in [6, 6.07) is 12.6. The van der Waals surface area contributed by atoms with E-state index in [1.54, 1.807) is 25.1 Å². The van der Waals surface area contributed by atoms with Crippen LogP contribution in [0.25, 0.3) is 16.4 Å². The van der Waals surface area contributed by atoms with E-state index in [0.717, 1.165) is 17.3 Å². The zero-order valence-corrected chi connectivity index (χ0v) is 18.2. The maximum atomic E-state index is 12.8. The topological polar surface area (TPSA) is 103 Å². The number of nitro groups is 1. The number of nitrogens with zero attached hydrogens (tertiary/aromatic N) is 4. The first-order valence-electron chi connectivity index (χ1n) is 8.85. The van der Waals surface area contributed by atoms with Crippen molar-refractivity contribution in [2.24, 2.45) is 0 Å². The monoisotopic (exact) mass is 473 g/mol. The van der Waals surface area contributed by atoms with Crippen LogP contribution in [-0.4, -0.2) is 25.6 Å². The molecule has 1 N–H and O–H groups in total. The quantitative estimate of drug-likeness (QED) is 0.292. The van der Waals surface area contributed by atoms with Crippen molar-refractivity contribution in [2.75, 3.05) is 5.32 Å². The Hall–Kier alpha value is -3.27. The van der Waals surface area contributed by atoms with Crippen molar-refractivity contribution in [1.82, 2.24) is 14.8 Å². The van der Waals surface area contributed by atoms with Gasteiger partial charge in [-0.1, -0.05) is 35.3 Å². The number of carbonyl (C=O) groups is 1. The van der Waals surface area contributed by atoms with Gasteiger partial charge in [-0.3, -0.25) is 14.9 Å². The molecule has 0 spiro atoms. The lowest BCUT2D eigenvalue weighted by atomic mass is 10.2. The summed E-state index contributed by atoms with van der Waals surface area (Å²) in [6.07, 6.45) is 0. The molecule has 2 heterocycles. The molecule has 156 valence electrons. The van der Waals surface area contributed by atoms with E-state index in [2.05, 4.69) is 15.4 Å². The summed E-state index contributed by atoms with van der Waals surface area (Å²) < 4.78 is 1.50. The minimum Gasteiger partial charge on any atom is -0.306 e. The lowest BCUT2D eigenvalue weighted by Gasteiger charge is -2.08. The molecular formula is C20H13Cl2N5O3S. The Labute approximate surface area is 190 Å². The number of thiazole rings is 1. The van der Waals surface area contributed by atoms with Crippen LogP contribution in [0, 0.1) is 17.0 Å². The van der Waals surface area contributed by atoms with Crippen LogP contribution in [0.5, 0.6) is 0 Å². The maximum Gasteiger partial charge on any atom is 0.270 e. The predicted octanol–water partition coefficient (Wildman–Crippen LogP) is 5.77. The summed E-state index contributed by atoms with van der Waals surface area (Å²) in [5.41, 5.74) is 2.05. The number of anilines is 1. The van der Waals surface area contributed by atoms with Crippen molar-refractivity contribution in [3.63, 3.8) is 0 Å². The second-order valence-corrected chi connectivity index (χ2v) is 8.16. The lowest BCUT2D eigenvalue weighted by molar-refractivity contribution is -0.384. The van der Waals surface area contributed by atoms with Crippen molar-refractivity contribution < 1.29 is 9.72 Å². The maximum absolute atomic E-state index is 12.8. The van der Waals surface area contributed by atoms with Crippen LogP contribution in [0.4, 0.5) is 11.5 Å². The Balaban J connectivity index is 1.64. The largest absolute Gasteiger partial charge is 0.306 e. The Morgan fingerprint density at radius 2 is 1.90 bits per heavy atom. The number of carbonyl (C=O) groups excluding carboxylic acids is 1. The van der Waals surface area contributed by atoms with E-state index in [4.69, 9.17) is 23.2 Å². The number of halogens is 2. The molecule has 2 aromatic heterocycles. The molecule has 0 aliphatic carbocycles. The number of rotatable bonds is 5. The van der Waals surface area contributed by atoms with Gasteiger partial charge in [0.05, 0.1) is 26.9 Å². The molecule has 0 saturated carbocycles. The van der Waals surface area contributed by atoms with E-state index in [0.29, 0.717) is 21.7 Å². The molecule has 1 amide bonds. The highest BCUT2D eigenvalue weighted by Crippen LogP contribution is 2.28. The molecule has 0 aliphatic heterocycles. The zero-order valence-electron chi connectivity index (χ0n) is 15.9. The Morgan fingerprint density at radius 3 is 2.61 bits per heavy atom. The van der Waals surface area contributed by atoms with Gasteiger partial charge in [0.15, 0.2) is 0 Å². The molecule has 0 bridgehead atoms. The fourth-order valence-corrected chi connectivity index (χ4v) is 3.96. The Kier molecular flexibility index (Phi) is 5.73. The summed E-state index contributed by atoms with van der Waals surface area (Å²) in [6.45, 7) is 1.78. The second kappa shape index (κ2) is 8.46. The minimum atomic E-state index is -0.593. The van der Waals surface area contributed by atoms with Gasteiger partial charge in [0, 0.05) is 34.2 Å². The number of benzene rings is 2. The van der Waals surface area contributed by atoms with Gasteiger partial charge in [-0.15, -0.1) is 11.3 Å². The number of aromatic nitrogens is 3. The smallest absolute Gasteiger partial charge is 0.270 e. The van der Waals surface area contributed by atoms with Gasteiger partial charge < -0.3 is 5.32 Å². The molecule has 11 heteroatoms.